The lowest BCUT2D eigenvalue weighted by molar-refractivity contribution is 0.00715. The van der Waals surface area contributed by atoms with Crippen molar-refractivity contribution in [3.8, 4) is 17.6 Å². The maximum Gasteiger partial charge on any atom is 0.122 e. The van der Waals surface area contributed by atoms with Gasteiger partial charge in [-0.3, -0.25) is 0 Å². The zero-order chi connectivity index (χ0) is 12.8. The molecule has 0 saturated carbocycles. The number of hydrogen-bond acceptors (Lipinski definition) is 2. The molecule has 0 radical (unpaired) electrons. The Morgan fingerprint density at radius 3 is 3.06 bits per heavy atom. The van der Waals surface area contributed by atoms with Crippen molar-refractivity contribution in [2.45, 2.75) is 25.9 Å². The lowest BCUT2D eigenvalue weighted by atomic mass is 10.1. The van der Waals surface area contributed by atoms with E-state index in [2.05, 4.69) is 11.8 Å². The van der Waals surface area contributed by atoms with Gasteiger partial charge in [-0.05, 0) is 43.5 Å². The molecule has 1 atom stereocenters. The molecule has 96 valence electrons. The van der Waals surface area contributed by atoms with Gasteiger partial charge in [-0.25, -0.2) is 0 Å². The van der Waals surface area contributed by atoms with Crippen molar-refractivity contribution in [2.24, 2.45) is 0 Å². The van der Waals surface area contributed by atoms with E-state index in [4.69, 9.17) is 21.1 Å². The van der Waals surface area contributed by atoms with E-state index in [9.17, 15) is 0 Å². The van der Waals surface area contributed by atoms with Crippen LogP contribution < -0.4 is 4.74 Å². The SMILES string of the molecule is Cc1cc(C#CCCl)ccc1OC1CCCOC1. The molecule has 3 heteroatoms. The van der Waals surface area contributed by atoms with Gasteiger partial charge in [-0.2, -0.15) is 0 Å². The van der Waals surface area contributed by atoms with Crippen molar-refractivity contribution in [3.63, 3.8) is 0 Å². The fourth-order valence-electron chi connectivity index (χ4n) is 1.98. The molecular formula is C15H17ClO2. The van der Waals surface area contributed by atoms with Crippen molar-refractivity contribution in [3.05, 3.63) is 29.3 Å². The lowest BCUT2D eigenvalue weighted by Crippen LogP contribution is -2.28. The molecule has 0 spiro atoms. The van der Waals surface area contributed by atoms with E-state index in [1.807, 2.05) is 25.1 Å². The molecule has 2 nitrogen and oxygen atoms in total. The Morgan fingerprint density at radius 1 is 1.50 bits per heavy atom. The molecule has 1 aromatic rings. The maximum atomic E-state index is 5.95. The summed E-state index contributed by atoms with van der Waals surface area (Å²) in [4.78, 5) is 0. The third kappa shape index (κ3) is 3.66. The minimum absolute atomic E-state index is 0.178. The van der Waals surface area contributed by atoms with E-state index in [1.54, 1.807) is 0 Å². The molecular weight excluding hydrogens is 248 g/mol. The van der Waals surface area contributed by atoms with Crippen molar-refractivity contribution in [1.82, 2.24) is 0 Å². The first-order valence-electron chi connectivity index (χ1n) is 6.19. The van der Waals surface area contributed by atoms with Gasteiger partial charge in [0.25, 0.3) is 0 Å². The fraction of sp³-hybridized carbons (Fsp3) is 0.467. The van der Waals surface area contributed by atoms with Gasteiger partial charge in [0.1, 0.15) is 11.9 Å². The van der Waals surface area contributed by atoms with Crippen LogP contribution in [0.15, 0.2) is 18.2 Å². The highest BCUT2D eigenvalue weighted by molar-refractivity contribution is 6.19. The number of rotatable bonds is 2. The Balaban J connectivity index is 2.04. The summed E-state index contributed by atoms with van der Waals surface area (Å²) >= 11 is 5.54. The number of ether oxygens (including phenoxy) is 2. The van der Waals surface area contributed by atoms with Crippen LogP contribution >= 0.6 is 11.6 Å². The molecule has 0 amide bonds. The smallest absolute Gasteiger partial charge is 0.122 e. The number of aryl methyl sites for hydroxylation is 1. The first-order valence-corrected chi connectivity index (χ1v) is 6.73. The Hall–Kier alpha value is -1.17. The van der Waals surface area contributed by atoms with E-state index >= 15 is 0 Å². The normalized spacial score (nSPS) is 18.9. The van der Waals surface area contributed by atoms with Crippen LogP contribution in [0.4, 0.5) is 0 Å². The zero-order valence-electron chi connectivity index (χ0n) is 10.5. The average Bonchev–Trinajstić information content (AvgIpc) is 2.40. The Morgan fingerprint density at radius 2 is 2.39 bits per heavy atom. The number of benzene rings is 1. The van der Waals surface area contributed by atoms with Crippen LogP contribution in [0.2, 0.25) is 0 Å². The lowest BCUT2D eigenvalue weighted by Gasteiger charge is -2.24. The second-order valence-electron chi connectivity index (χ2n) is 4.37. The van der Waals surface area contributed by atoms with Crippen molar-refractivity contribution >= 4 is 11.6 Å². The van der Waals surface area contributed by atoms with E-state index in [0.717, 1.165) is 36.3 Å². The fourth-order valence-corrected chi connectivity index (χ4v) is 2.05. The molecule has 1 saturated heterocycles. The van der Waals surface area contributed by atoms with E-state index < -0.39 is 0 Å². The molecule has 1 aliphatic rings. The van der Waals surface area contributed by atoms with Gasteiger partial charge in [0.05, 0.1) is 12.5 Å². The third-order valence-corrected chi connectivity index (χ3v) is 3.02. The van der Waals surface area contributed by atoms with Crippen LogP contribution in [0.3, 0.4) is 0 Å². The Kier molecular flexibility index (Phi) is 4.92. The molecule has 1 heterocycles. The largest absolute Gasteiger partial charge is 0.488 e. The van der Waals surface area contributed by atoms with Crippen LogP contribution in [0.25, 0.3) is 0 Å². The highest BCUT2D eigenvalue weighted by atomic mass is 35.5. The summed E-state index contributed by atoms with van der Waals surface area (Å²) in [6.45, 7) is 3.57. The van der Waals surface area contributed by atoms with Crippen molar-refractivity contribution < 1.29 is 9.47 Å². The molecule has 2 rings (SSSR count). The second-order valence-corrected chi connectivity index (χ2v) is 4.64. The average molecular weight is 265 g/mol. The second kappa shape index (κ2) is 6.68. The molecule has 0 bridgehead atoms. The summed E-state index contributed by atoms with van der Waals surface area (Å²) < 4.78 is 11.4. The summed E-state index contributed by atoms with van der Waals surface area (Å²) in [5.41, 5.74) is 2.07. The summed E-state index contributed by atoms with van der Waals surface area (Å²) in [5.74, 6) is 7.13. The number of alkyl halides is 1. The highest BCUT2D eigenvalue weighted by Crippen LogP contribution is 2.22. The van der Waals surface area contributed by atoms with Crippen molar-refractivity contribution in [1.29, 1.82) is 0 Å². The van der Waals surface area contributed by atoms with E-state index in [1.165, 1.54) is 0 Å². The van der Waals surface area contributed by atoms with E-state index in [0.29, 0.717) is 12.5 Å². The zero-order valence-corrected chi connectivity index (χ0v) is 11.3. The van der Waals surface area contributed by atoms with Gasteiger partial charge in [0.15, 0.2) is 0 Å². The third-order valence-electron chi connectivity index (χ3n) is 2.89. The number of hydrogen-bond donors (Lipinski definition) is 0. The monoisotopic (exact) mass is 264 g/mol. The maximum absolute atomic E-state index is 5.95. The summed E-state index contributed by atoms with van der Waals surface area (Å²) in [6, 6.07) is 5.96. The predicted molar refractivity (Wildman–Crippen MR) is 73.2 cm³/mol. The van der Waals surface area contributed by atoms with Crippen LogP contribution in [-0.2, 0) is 4.74 Å². The minimum atomic E-state index is 0.178. The van der Waals surface area contributed by atoms with Crippen molar-refractivity contribution in [2.75, 3.05) is 19.1 Å². The minimum Gasteiger partial charge on any atom is -0.488 e. The van der Waals surface area contributed by atoms with Crippen LogP contribution in [-0.4, -0.2) is 25.2 Å². The van der Waals surface area contributed by atoms with E-state index in [-0.39, 0.29) is 6.10 Å². The molecule has 1 fully saturated rings. The van der Waals surface area contributed by atoms with Crippen LogP contribution in [0.5, 0.6) is 5.75 Å². The summed E-state index contributed by atoms with van der Waals surface area (Å²) in [7, 11) is 0. The quantitative estimate of drug-likeness (QED) is 0.604. The Bertz CT molecular complexity index is 453. The molecule has 0 N–H and O–H groups in total. The van der Waals surface area contributed by atoms with Gasteiger partial charge in [-0.15, -0.1) is 11.6 Å². The topological polar surface area (TPSA) is 18.5 Å². The van der Waals surface area contributed by atoms with Gasteiger partial charge in [0, 0.05) is 12.2 Å². The molecule has 1 unspecified atom stereocenters. The first-order chi connectivity index (χ1) is 8.79. The van der Waals surface area contributed by atoms with Crippen LogP contribution in [0, 0.1) is 18.8 Å². The molecule has 1 aliphatic heterocycles. The van der Waals surface area contributed by atoms with Gasteiger partial charge in [-0.1, -0.05) is 11.8 Å². The van der Waals surface area contributed by atoms with Gasteiger partial charge < -0.3 is 9.47 Å². The summed E-state index contributed by atoms with van der Waals surface area (Å²) in [6.07, 6.45) is 2.31. The highest BCUT2D eigenvalue weighted by Gasteiger charge is 2.16. The molecule has 0 aliphatic carbocycles. The standard InChI is InChI=1S/C15H17ClO2/c1-12-10-13(4-2-8-16)6-7-15(12)18-14-5-3-9-17-11-14/h6-7,10,14H,3,5,8-9,11H2,1H3. The molecule has 1 aromatic carbocycles. The van der Waals surface area contributed by atoms with Gasteiger partial charge >= 0.3 is 0 Å². The predicted octanol–water partition coefficient (Wildman–Crippen LogP) is 3.14. The number of halogens is 1. The van der Waals surface area contributed by atoms with Gasteiger partial charge in [0.2, 0.25) is 0 Å². The first kappa shape index (κ1) is 13.3. The Labute approximate surface area is 113 Å². The molecule has 18 heavy (non-hydrogen) atoms. The summed E-state index contributed by atoms with van der Waals surface area (Å²) in [5, 5.41) is 0. The van der Waals surface area contributed by atoms with Crippen LogP contribution in [0.1, 0.15) is 24.0 Å². The molecule has 0 aromatic heterocycles.